The molecule has 11 nitrogen and oxygen atoms in total. The molecule has 13 heteroatoms. The number of amides is 1. The maximum Gasteiger partial charge on any atom is 0.335 e. The lowest BCUT2D eigenvalue weighted by molar-refractivity contribution is -0.130. The summed E-state index contributed by atoms with van der Waals surface area (Å²) in [5.41, 5.74) is -0.297. The summed E-state index contributed by atoms with van der Waals surface area (Å²) >= 11 is 7.07. The monoisotopic (exact) mass is 788 g/mol. The number of alkyl halides is 1. The van der Waals surface area contributed by atoms with Crippen molar-refractivity contribution < 1.29 is 27.9 Å². The number of imidazole rings is 1. The van der Waals surface area contributed by atoms with E-state index in [1.54, 1.807) is 52.0 Å². The van der Waals surface area contributed by atoms with E-state index in [1.165, 1.54) is 30.3 Å². The minimum absolute atomic E-state index is 0.0347. The summed E-state index contributed by atoms with van der Waals surface area (Å²) in [6.45, 7) is 8.84. The van der Waals surface area contributed by atoms with Crippen molar-refractivity contribution in [2.45, 2.75) is 135 Å². The topological polar surface area (TPSA) is 149 Å². The van der Waals surface area contributed by atoms with Gasteiger partial charge in [0.1, 0.15) is 6.04 Å². The first kappa shape index (κ1) is 44.8. The SMILES string of the molecule is CCCCCCCCCCCC(CCC(Cl)C(C(=O)C(C)(C)C)n1c(O)c(OCC)n(Cc2ccccc2)c1=O)S(=O)(=O)NCC(=O)Nc1ccccc1. The number of ketones is 1. The molecule has 0 saturated carbocycles. The molecule has 300 valence electrons. The Morgan fingerprint density at radius 3 is 2.00 bits per heavy atom. The second kappa shape index (κ2) is 22.1. The third-order valence-electron chi connectivity index (χ3n) is 9.52. The Morgan fingerprint density at radius 2 is 1.43 bits per heavy atom. The number of carbonyl (C=O) groups is 2. The van der Waals surface area contributed by atoms with Crippen molar-refractivity contribution in [3.8, 4) is 11.8 Å². The number of rotatable bonds is 25. The van der Waals surface area contributed by atoms with Gasteiger partial charge in [0.2, 0.25) is 15.9 Å². The first-order valence-corrected chi connectivity index (χ1v) is 21.4. The summed E-state index contributed by atoms with van der Waals surface area (Å²) in [5, 5.41) is 12.2. The third kappa shape index (κ3) is 13.6. The Bertz CT molecular complexity index is 1760. The minimum Gasteiger partial charge on any atom is -0.491 e. The highest BCUT2D eigenvalue weighted by atomic mass is 35.5. The summed E-state index contributed by atoms with van der Waals surface area (Å²) in [6, 6.07) is 16.7. The number of hydrogen-bond acceptors (Lipinski definition) is 7. The molecule has 3 unspecified atom stereocenters. The van der Waals surface area contributed by atoms with Gasteiger partial charge in [0.15, 0.2) is 5.78 Å². The molecule has 0 aliphatic heterocycles. The van der Waals surface area contributed by atoms with Crippen LogP contribution in [0.5, 0.6) is 11.8 Å². The molecule has 0 spiro atoms. The predicted molar refractivity (Wildman–Crippen MR) is 217 cm³/mol. The number of para-hydroxylation sites is 1. The molecule has 0 bridgehead atoms. The van der Waals surface area contributed by atoms with Gasteiger partial charge in [-0.2, -0.15) is 0 Å². The number of aromatic hydroxyl groups is 1. The second-order valence-electron chi connectivity index (χ2n) is 15.0. The molecule has 3 N–H and O–H groups in total. The van der Waals surface area contributed by atoms with Crippen LogP contribution < -0.4 is 20.5 Å². The number of nitrogens with zero attached hydrogens (tertiary/aromatic N) is 2. The van der Waals surface area contributed by atoms with E-state index in [9.17, 15) is 27.9 Å². The van der Waals surface area contributed by atoms with Gasteiger partial charge in [0.25, 0.3) is 11.8 Å². The largest absolute Gasteiger partial charge is 0.491 e. The van der Waals surface area contributed by atoms with Crippen molar-refractivity contribution in [2.24, 2.45) is 5.41 Å². The van der Waals surface area contributed by atoms with Crippen LogP contribution in [0, 0.1) is 5.41 Å². The van der Waals surface area contributed by atoms with Crippen molar-refractivity contribution >= 4 is 39.0 Å². The van der Waals surface area contributed by atoms with E-state index < -0.39 is 61.9 Å². The number of benzene rings is 2. The molecule has 1 amide bonds. The summed E-state index contributed by atoms with van der Waals surface area (Å²) in [7, 11) is -4.01. The van der Waals surface area contributed by atoms with Crippen LogP contribution in [-0.4, -0.2) is 58.1 Å². The van der Waals surface area contributed by atoms with E-state index in [1.807, 2.05) is 36.4 Å². The molecule has 0 radical (unpaired) electrons. The van der Waals surface area contributed by atoms with Gasteiger partial charge in [-0.25, -0.2) is 22.5 Å². The number of halogens is 1. The summed E-state index contributed by atoms with van der Waals surface area (Å²) in [4.78, 5) is 40.8. The maximum atomic E-state index is 14.1. The fraction of sp³-hybridized carbons (Fsp3) is 0.585. The molecule has 3 atom stereocenters. The van der Waals surface area contributed by atoms with Gasteiger partial charge >= 0.3 is 5.69 Å². The quantitative estimate of drug-likeness (QED) is 0.0579. The number of sulfonamides is 1. The smallest absolute Gasteiger partial charge is 0.335 e. The van der Waals surface area contributed by atoms with Crippen LogP contribution in [0.25, 0.3) is 0 Å². The van der Waals surface area contributed by atoms with E-state index >= 15 is 0 Å². The number of carbonyl (C=O) groups excluding carboxylic acids is 2. The molecule has 0 fully saturated rings. The van der Waals surface area contributed by atoms with Crippen LogP contribution in [-0.2, 0) is 26.2 Å². The Hall–Kier alpha value is -3.61. The number of Topliss-reactive ketones (excluding diaryl/α,β-unsaturated/α-hetero) is 1. The zero-order chi connectivity index (χ0) is 39.7. The van der Waals surface area contributed by atoms with E-state index in [4.69, 9.17) is 16.3 Å². The first-order chi connectivity index (χ1) is 25.7. The lowest BCUT2D eigenvalue weighted by Gasteiger charge is -2.29. The van der Waals surface area contributed by atoms with Crippen LogP contribution in [0.3, 0.4) is 0 Å². The van der Waals surface area contributed by atoms with E-state index in [0.29, 0.717) is 18.5 Å². The number of anilines is 1. The van der Waals surface area contributed by atoms with Crippen LogP contribution in [0.1, 0.15) is 123 Å². The Balaban J connectivity index is 1.86. The molecule has 0 aliphatic carbocycles. The first-order valence-electron chi connectivity index (χ1n) is 19.4. The number of aromatic nitrogens is 2. The van der Waals surface area contributed by atoms with Crippen molar-refractivity contribution in [2.75, 3.05) is 18.5 Å². The fourth-order valence-corrected chi connectivity index (χ4v) is 8.35. The van der Waals surface area contributed by atoms with E-state index in [-0.39, 0.29) is 31.9 Å². The molecule has 2 aromatic carbocycles. The fourth-order valence-electron chi connectivity index (χ4n) is 6.50. The van der Waals surface area contributed by atoms with Crippen LogP contribution in [0.2, 0.25) is 0 Å². The second-order valence-corrected chi connectivity index (χ2v) is 17.6. The highest BCUT2D eigenvalue weighted by molar-refractivity contribution is 7.90. The highest BCUT2D eigenvalue weighted by Gasteiger charge is 2.41. The Labute approximate surface area is 326 Å². The van der Waals surface area contributed by atoms with Gasteiger partial charge in [0, 0.05) is 11.1 Å². The van der Waals surface area contributed by atoms with E-state index in [2.05, 4.69) is 17.0 Å². The number of unbranched alkanes of at least 4 members (excludes halogenated alkanes) is 8. The van der Waals surface area contributed by atoms with Gasteiger partial charge in [-0.05, 0) is 43.9 Å². The molecule has 0 saturated heterocycles. The minimum atomic E-state index is -4.01. The zero-order valence-electron chi connectivity index (χ0n) is 32.7. The van der Waals surface area contributed by atoms with Crippen LogP contribution in [0.15, 0.2) is 65.5 Å². The van der Waals surface area contributed by atoms with E-state index in [0.717, 1.165) is 35.8 Å². The average Bonchev–Trinajstić information content (AvgIpc) is 3.35. The predicted octanol–water partition coefficient (Wildman–Crippen LogP) is 8.19. The molecule has 1 heterocycles. The lowest BCUT2D eigenvalue weighted by atomic mass is 9.84. The van der Waals surface area contributed by atoms with Crippen molar-refractivity contribution in [3.05, 3.63) is 76.7 Å². The zero-order valence-corrected chi connectivity index (χ0v) is 34.3. The normalized spacial score (nSPS) is 13.7. The number of ether oxygens (including phenoxy) is 1. The van der Waals surface area contributed by atoms with Crippen LogP contribution >= 0.6 is 11.6 Å². The highest BCUT2D eigenvalue weighted by Crippen LogP contribution is 2.37. The van der Waals surface area contributed by atoms with Crippen molar-refractivity contribution in [1.29, 1.82) is 0 Å². The summed E-state index contributed by atoms with van der Waals surface area (Å²) in [5.74, 6) is -1.49. The average molecular weight is 789 g/mol. The molecule has 1 aromatic heterocycles. The van der Waals surface area contributed by atoms with Gasteiger partial charge in [-0.3, -0.25) is 14.2 Å². The molecule has 0 aliphatic rings. The van der Waals surface area contributed by atoms with Crippen LogP contribution in [0.4, 0.5) is 5.69 Å². The molecule has 3 aromatic rings. The maximum absolute atomic E-state index is 14.1. The Morgan fingerprint density at radius 1 is 0.852 bits per heavy atom. The van der Waals surface area contributed by atoms with Crippen molar-refractivity contribution in [3.63, 3.8) is 0 Å². The summed E-state index contributed by atoms with van der Waals surface area (Å²) in [6.07, 6.45) is 10.1. The molecule has 3 rings (SSSR count). The van der Waals surface area contributed by atoms with Crippen molar-refractivity contribution in [1.82, 2.24) is 13.9 Å². The Kier molecular flexibility index (Phi) is 18.3. The lowest BCUT2D eigenvalue weighted by Crippen LogP contribution is -2.42. The number of nitrogens with one attached hydrogen (secondary N) is 2. The van der Waals surface area contributed by atoms with Gasteiger partial charge in [-0.1, -0.05) is 134 Å². The van der Waals surface area contributed by atoms with Gasteiger partial charge in [0.05, 0.1) is 30.3 Å². The molecule has 54 heavy (non-hydrogen) atoms. The van der Waals surface area contributed by atoms with Gasteiger partial charge in [-0.15, -0.1) is 11.6 Å². The third-order valence-corrected chi connectivity index (χ3v) is 11.9. The standard InChI is InChI=1S/C41H61ClN4O7S/c1-6-8-9-10-11-12-13-14-21-26-33(54(51,52)43-29-35(47)44-32-24-19-16-20-25-32)27-28-34(42)36(37(48)41(3,4)5)46-38(49)39(53-7-2)45(40(46)50)30-31-22-17-15-18-23-31/h15-20,22-25,33-34,36,43,49H,6-14,21,26-30H2,1-5H3,(H,44,47). The number of hydrogen-bond donors (Lipinski definition) is 3. The molecular formula is C41H61ClN4O7S. The molecular weight excluding hydrogens is 728 g/mol. The van der Waals surface area contributed by atoms with Gasteiger partial charge < -0.3 is 15.2 Å². The summed E-state index contributed by atoms with van der Waals surface area (Å²) < 4.78 is 38.1.